The number of rotatable bonds is 8. The summed E-state index contributed by atoms with van der Waals surface area (Å²) in [6.45, 7) is 0.445. The third kappa shape index (κ3) is 7.53. The predicted octanol–water partition coefficient (Wildman–Crippen LogP) is 2.96. The van der Waals surface area contributed by atoms with Crippen LogP contribution in [0.4, 0.5) is 0 Å². The van der Waals surface area contributed by atoms with Gasteiger partial charge in [-0.3, -0.25) is 9.59 Å². The standard InChI is InChI=1S/2C9H10O3/c2*1-11-7-12-9-4-2-8(6-10)3-5-9/h2*2-6H,7H2,1H3. The van der Waals surface area contributed by atoms with E-state index in [0.717, 1.165) is 12.6 Å². The van der Waals surface area contributed by atoms with Crippen LogP contribution in [-0.4, -0.2) is 40.4 Å². The summed E-state index contributed by atoms with van der Waals surface area (Å²) in [6, 6.07) is 13.7. The Balaban J connectivity index is 0.000000240. The molecule has 128 valence electrons. The van der Waals surface area contributed by atoms with Crippen LogP contribution in [-0.2, 0) is 9.47 Å². The molecule has 0 saturated heterocycles. The molecule has 0 radical (unpaired) electrons. The highest BCUT2D eigenvalue weighted by atomic mass is 16.7. The Hall–Kier alpha value is -2.70. The number of aldehydes is 2. The molecule has 6 heteroatoms. The summed E-state index contributed by atoms with van der Waals surface area (Å²) in [4.78, 5) is 20.5. The molecule has 0 bridgehead atoms. The number of hydrogen-bond acceptors (Lipinski definition) is 6. The monoisotopic (exact) mass is 332 g/mol. The molecule has 24 heavy (non-hydrogen) atoms. The van der Waals surface area contributed by atoms with E-state index >= 15 is 0 Å². The average Bonchev–Trinajstić information content (AvgIpc) is 2.66. The van der Waals surface area contributed by atoms with Gasteiger partial charge in [-0.25, -0.2) is 0 Å². The molecule has 2 rings (SSSR count). The topological polar surface area (TPSA) is 71.1 Å². The molecule has 0 aromatic heterocycles. The maximum absolute atomic E-state index is 10.3. The second-order valence-electron chi connectivity index (χ2n) is 4.48. The molecule has 0 unspecified atom stereocenters. The lowest BCUT2D eigenvalue weighted by atomic mass is 10.2. The molecule has 0 amide bonds. The highest BCUT2D eigenvalue weighted by molar-refractivity contribution is 5.75. The smallest absolute Gasteiger partial charge is 0.188 e. The lowest BCUT2D eigenvalue weighted by Gasteiger charge is -2.03. The van der Waals surface area contributed by atoms with Crippen molar-refractivity contribution in [2.24, 2.45) is 0 Å². The highest BCUT2D eigenvalue weighted by Gasteiger charge is 1.93. The van der Waals surface area contributed by atoms with E-state index in [9.17, 15) is 9.59 Å². The minimum absolute atomic E-state index is 0.223. The summed E-state index contributed by atoms with van der Waals surface area (Å²) in [6.07, 6.45) is 1.58. The van der Waals surface area contributed by atoms with Crippen LogP contribution in [0.1, 0.15) is 20.7 Å². The van der Waals surface area contributed by atoms with Gasteiger partial charge in [-0.15, -0.1) is 0 Å². The average molecular weight is 332 g/mol. The van der Waals surface area contributed by atoms with E-state index in [1.54, 1.807) is 62.8 Å². The Morgan fingerprint density at radius 1 is 0.667 bits per heavy atom. The Kier molecular flexibility index (Phi) is 9.52. The van der Waals surface area contributed by atoms with Crippen LogP contribution in [0.2, 0.25) is 0 Å². The molecule has 0 N–H and O–H groups in total. The molecule has 0 saturated carbocycles. The van der Waals surface area contributed by atoms with Gasteiger partial charge in [0.15, 0.2) is 13.6 Å². The van der Waals surface area contributed by atoms with Crippen molar-refractivity contribution >= 4 is 12.6 Å². The van der Waals surface area contributed by atoms with Crippen molar-refractivity contribution in [2.45, 2.75) is 0 Å². The summed E-state index contributed by atoms with van der Waals surface area (Å²) in [5.41, 5.74) is 1.28. The van der Waals surface area contributed by atoms with Gasteiger partial charge in [-0.2, -0.15) is 0 Å². The Morgan fingerprint density at radius 2 is 1.00 bits per heavy atom. The van der Waals surface area contributed by atoms with Gasteiger partial charge < -0.3 is 18.9 Å². The van der Waals surface area contributed by atoms with E-state index in [-0.39, 0.29) is 13.6 Å². The summed E-state index contributed by atoms with van der Waals surface area (Å²) in [7, 11) is 3.11. The first-order valence-electron chi connectivity index (χ1n) is 7.07. The van der Waals surface area contributed by atoms with Crippen LogP contribution in [0.5, 0.6) is 11.5 Å². The number of carbonyl (C=O) groups is 2. The van der Waals surface area contributed by atoms with Gasteiger partial charge in [0, 0.05) is 25.3 Å². The molecule has 0 aliphatic carbocycles. The Labute approximate surface area is 140 Å². The zero-order chi connectivity index (χ0) is 17.6. The fourth-order valence-electron chi connectivity index (χ4n) is 1.54. The quantitative estimate of drug-likeness (QED) is 0.547. The lowest BCUT2D eigenvalue weighted by Crippen LogP contribution is -1.98. The molecular weight excluding hydrogens is 312 g/mol. The Bertz CT molecular complexity index is 536. The minimum Gasteiger partial charge on any atom is -0.468 e. The number of hydrogen-bond donors (Lipinski definition) is 0. The van der Waals surface area contributed by atoms with Gasteiger partial charge in [0.1, 0.15) is 24.1 Å². The number of ether oxygens (including phenoxy) is 4. The van der Waals surface area contributed by atoms with E-state index in [1.165, 1.54) is 0 Å². The highest BCUT2D eigenvalue weighted by Crippen LogP contribution is 2.11. The van der Waals surface area contributed by atoms with Crippen molar-refractivity contribution < 1.29 is 28.5 Å². The zero-order valence-electron chi connectivity index (χ0n) is 13.6. The van der Waals surface area contributed by atoms with Crippen molar-refractivity contribution in [3.8, 4) is 11.5 Å². The molecule has 0 fully saturated rings. The third-order valence-electron chi connectivity index (χ3n) is 2.72. The maximum atomic E-state index is 10.3. The summed E-state index contributed by atoms with van der Waals surface area (Å²) < 4.78 is 19.7. The van der Waals surface area contributed by atoms with E-state index in [4.69, 9.17) is 18.9 Å². The van der Waals surface area contributed by atoms with Gasteiger partial charge in [-0.1, -0.05) is 0 Å². The second kappa shape index (κ2) is 11.8. The first-order valence-corrected chi connectivity index (χ1v) is 7.07. The van der Waals surface area contributed by atoms with Crippen LogP contribution in [0.25, 0.3) is 0 Å². The predicted molar refractivity (Wildman–Crippen MR) is 88.7 cm³/mol. The largest absolute Gasteiger partial charge is 0.468 e. The zero-order valence-corrected chi connectivity index (χ0v) is 13.6. The van der Waals surface area contributed by atoms with Crippen LogP contribution in [0.3, 0.4) is 0 Å². The molecule has 0 aliphatic rings. The third-order valence-corrected chi connectivity index (χ3v) is 2.72. The molecule has 2 aromatic rings. The van der Waals surface area contributed by atoms with Gasteiger partial charge in [-0.05, 0) is 48.5 Å². The van der Waals surface area contributed by atoms with E-state index < -0.39 is 0 Å². The molecule has 0 heterocycles. The van der Waals surface area contributed by atoms with Gasteiger partial charge in [0.05, 0.1) is 0 Å². The summed E-state index contributed by atoms with van der Waals surface area (Å²) >= 11 is 0. The van der Waals surface area contributed by atoms with Crippen molar-refractivity contribution in [3.05, 3.63) is 59.7 Å². The number of carbonyl (C=O) groups excluding carboxylic acids is 2. The SMILES string of the molecule is COCOc1ccc(C=O)cc1.COCOc1ccc(C=O)cc1. The van der Waals surface area contributed by atoms with Crippen LogP contribution >= 0.6 is 0 Å². The second-order valence-corrected chi connectivity index (χ2v) is 4.48. The molecule has 2 aromatic carbocycles. The minimum atomic E-state index is 0.223. The first-order chi connectivity index (χ1) is 11.7. The number of methoxy groups -OCH3 is 2. The fourth-order valence-corrected chi connectivity index (χ4v) is 1.54. The molecule has 0 aliphatic heterocycles. The molecular formula is C18H20O6. The van der Waals surface area contributed by atoms with E-state index in [1.807, 2.05) is 0 Å². The van der Waals surface area contributed by atoms with Crippen molar-refractivity contribution in [2.75, 3.05) is 27.8 Å². The lowest BCUT2D eigenvalue weighted by molar-refractivity contribution is 0.0509. The van der Waals surface area contributed by atoms with Crippen molar-refractivity contribution in [1.82, 2.24) is 0 Å². The summed E-state index contributed by atoms with van der Waals surface area (Å²) in [5.74, 6) is 1.39. The first kappa shape index (κ1) is 19.3. The Morgan fingerprint density at radius 3 is 1.25 bits per heavy atom. The molecule has 0 atom stereocenters. The van der Waals surface area contributed by atoms with Crippen molar-refractivity contribution in [1.29, 1.82) is 0 Å². The molecule has 6 nitrogen and oxygen atoms in total. The molecule has 0 spiro atoms. The normalized spacial score (nSPS) is 9.42. The van der Waals surface area contributed by atoms with Crippen LogP contribution < -0.4 is 9.47 Å². The maximum Gasteiger partial charge on any atom is 0.188 e. The van der Waals surface area contributed by atoms with E-state index in [0.29, 0.717) is 22.6 Å². The van der Waals surface area contributed by atoms with Gasteiger partial charge >= 0.3 is 0 Å². The van der Waals surface area contributed by atoms with Crippen molar-refractivity contribution in [3.63, 3.8) is 0 Å². The van der Waals surface area contributed by atoms with Crippen LogP contribution in [0.15, 0.2) is 48.5 Å². The van der Waals surface area contributed by atoms with Gasteiger partial charge in [0.25, 0.3) is 0 Å². The fraction of sp³-hybridized carbons (Fsp3) is 0.222. The van der Waals surface area contributed by atoms with Crippen LogP contribution in [0, 0.1) is 0 Å². The van der Waals surface area contributed by atoms with E-state index in [2.05, 4.69) is 0 Å². The summed E-state index contributed by atoms with van der Waals surface area (Å²) in [5, 5.41) is 0. The number of benzene rings is 2. The van der Waals surface area contributed by atoms with Gasteiger partial charge in [0.2, 0.25) is 0 Å².